The van der Waals surface area contributed by atoms with Crippen LogP contribution in [0.5, 0.6) is 5.75 Å². The van der Waals surface area contributed by atoms with Gasteiger partial charge in [-0.25, -0.2) is 17.2 Å². The number of ether oxygens (including phenoxy) is 1. The zero-order valence-corrected chi connectivity index (χ0v) is 18.1. The Hall–Kier alpha value is -3.05. The van der Waals surface area contributed by atoms with Gasteiger partial charge in [0.1, 0.15) is 12.4 Å². The molecule has 176 valence electrons. The Kier molecular flexibility index (Phi) is 6.10. The molecule has 0 bridgehead atoms. The van der Waals surface area contributed by atoms with Crippen molar-refractivity contribution >= 4 is 26.9 Å². The lowest BCUT2D eigenvalue weighted by atomic mass is 10.1. The number of fused-ring (bicyclic) bond motifs is 4. The number of alkyl halides is 3. The molecule has 3 aromatic rings. The molecule has 1 atom stereocenters. The Labute approximate surface area is 188 Å². The van der Waals surface area contributed by atoms with Gasteiger partial charge in [0, 0.05) is 29.7 Å². The van der Waals surface area contributed by atoms with E-state index in [2.05, 4.69) is 4.90 Å². The van der Waals surface area contributed by atoms with Gasteiger partial charge in [-0.2, -0.15) is 13.2 Å². The SMILES string of the molecule is O=C(O)C(F)(F)F.O=S(=O)(c1ccccc1)n1ccc2c3c(ccc21)OC[C@H]1CCCN1C3. The highest BCUT2D eigenvalue weighted by Crippen LogP contribution is 2.36. The predicted octanol–water partition coefficient (Wildman–Crippen LogP) is 3.87. The summed E-state index contributed by atoms with van der Waals surface area (Å²) in [5.74, 6) is -1.88. The maximum absolute atomic E-state index is 13.0. The minimum atomic E-state index is -5.08. The number of hydrogen-bond donors (Lipinski definition) is 1. The van der Waals surface area contributed by atoms with Crippen LogP contribution >= 0.6 is 0 Å². The van der Waals surface area contributed by atoms with Crippen LogP contribution in [0.4, 0.5) is 13.2 Å². The standard InChI is InChI=1S/C20H20N2O3S.C2HF3O2/c23-26(24,16-6-2-1-3-7-16)22-12-10-17-18-13-21-11-4-5-15(21)14-25-20(18)9-8-19(17)22;3-2(4,5)1(6)7/h1-3,6-10,12,15H,4-5,11,13-14H2;(H,6,7)/t15-;/m1./s1. The Morgan fingerprint density at radius 3 is 2.45 bits per heavy atom. The van der Waals surface area contributed by atoms with E-state index in [9.17, 15) is 21.6 Å². The Bertz CT molecular complexity index is 1270. The second kappa shape index (κ2) is 8.71. The lowest BCUT2D eigenvalue weighted by Crippen LogP contribution is -2.31. The fourth-order valence-corrected chi connectivity index (χ4v) is 5.50. The van der Waals surface area contributed by atoms with Crippen molar-refractivity contribution in [2.24, 2.45) is 0 Å². The molecular weight excluding hydrogens is 461 g/mol. The van der Waals surface area contributed by atoms with Crippen LogP contribution in [-0.4, -0.2) is 53.7 Å². The number of rotatable bonds is 2. The molecule has 1 N–H and O–H groups in total. The summed E-state index contributed by atoms with van der Waals surface area (Å²) in [6.07, 6.45) is -1.07. The first-order chi connectivity index (χ1) is 15.6. The van der Waals surface area contributed by atoms with E-state index in [0.717, 1.165) is 29.8 Å². The van der Waals surface area contributed by atoms with E-state index < -0.39 is 22.2 Å². The molecule has 11 heteroatoms. The molecule has 2 aromatic carbocycles. The van der Waals surface area contributed by atoms with Crippen molar-refractivity contribution in [2.75, 3.05) is 13.2 Å². The second-order valence-corrected chi connectivity index (χ2v) is 9.60. The van der Waals surface area contributed by atoms with Crippen LogP contribution in [0.1, 0.15) is 18.4 Å². The monoisotopic (exact) mass is 482 g/mol. The van der Waals surface area contributed by atoms with Gasteiger partial charge in [-0.3, -0.25) is 4.90 Å². The van der Waals surface area contributed by atoms with E-state index in [1.54, 1.807) is 30.5 Å². The number of benzene rings is 2. The molecule has 1 aromatic heterocycles. The molecule has 2 aliphatic heterocycles. The first-order valence-corrected chi connectivity index (χ1v) is 11.6. The third-order valence-corrected chi connectivity index (χ3v) is 7.44. The number of aromatic nitrogens is 1. The van der Waals surface area contributed by atoms with E-state index in [-0.39, 0.29) is 0 Å². The Morgan fingerprint density at radius 2 is 1.79 bits per heavy atom. The molecule has 2 aliphatic rings. The zero-order chi connectivity index (χ0) is 23.8. The lowest BCUT2D eigenvalue weighted by Gasteiger charge is -2.20. The molecule has 5 rings (SSSR count). The van der Waals surface area contributed by atoms with E-state index in [0.29, 0.717) is 23.1 Å². The number of hydrogen-bond acceptors (Lipinski definition) is 5. The van der Waals surface area contributed by atoms with Gasteiger partial charge >= 0.3 is 12.1 Å². The fraction of sp³-hybridized carbons (Fsp3) is 0.318. The van der Waals surface area contributed by atoms with Crippen LogP contribution in [-0.2, 0) is 21.4 Å². The highest BCUT2D eigenvalue weighted by Gasteiger charge is 2.38. The quantitative estimate of drug-likeness (QED) is 0.597. The molecule has 0 radical (unpaired) electrons. The number of nitrogens with zero attached hydrogens (tertiary/aromatic N) is 2. The van der Waals surface area contributed by atoms with E-state index >= 15 is 0 Å². The van der Waals surface area contributed by atoms with E-state index in [1.165, 1.54) is 16.8 Å². The van der Waals surface area contributed by atoms with Crippen molar-refractivity contribution in [2.45, 2.75) is 36.5 Å². The third-order valence-electron chi connectivity index (χ3n) is 5.74. The molecule has 3 heterocycles. The smallest absolute Gasteiger partial charge is 0.490 e. The second-order valence-electron chi connectivity index (χ2n) is 7.79. The average molecular weight is 482 g/mol. The summed E-state index contributed by atoms with van der Waals surface area (Å²) in [4.78, 5) is 11.6. The highest BCUT2D eigenvalue weighted by atomic mass is 32.2. The van der Waals surface area contributed by atoms with Gasteiger partial charge in [0.2, 0.25) is 0 Å². The summed E-state index contributed by atoms with van der Waals surface area (Å²) in [5.41, 5.74) is 1.79. The lowest BCUT2D eigenvalue weighted by molar-refractivity contribution is -0.192. The maximum Gasteiger partial charge on any atom is 0.490 e. The molecule has 0 amide bonds. The van der Waals surface area contributed by atoms with Crippen molar-refractivity contribution in [3.63, 3.8) is 0 Å². The van der Waals surface area contributed by atoms with Crippen molar-refractivity contribution in [1.82, 2.24) is 8.87 Å². The van der Waals surface area contributed by atoms with E-state index in [4.69, 9.17) is 14.6 Å². The molecule has 1 saturated heterocycles. The molecule has 0 unspecified atom stereocenters. The van der Waals surface area contributed by atoms with Gasteiger partial charge in [0.05, 0.1) is 10.4 Å². The largest absolute Gasteiger partial charge is 0.492 e. The number of carboxylic acids is 1. The summed E-state index contributed by atoms with van der Waals surface area (Å²) in [6, 6.07) is 14.7. The zero-order valence-electron chi connectivity index (χ0n) is 17.3. The Balaban J connectivity index is 0.000000325. The van der Waals surface area contributed by atoms with Crippen molar-refractivity contribution in [3.05, 3.63) is 60.3 Å². The molecular formula is C22H21F3N2O5S. The topological polar surface area (TPSA) is 88.8 Å². The van der Waals surface area contributed by atoms with Gasteiger partial charge in [-0.15, -0.1) is 0 Å². The van der Waals surface area contributed by atoms with Gasteiger partial charge in [-0.1, -0.05) is 18.2 Å². The van der Waals surface area contributed by atoms with Crippen LogP contribution in [0.3, 0.4) is 0 Å². The predicted molar refractivity (Wildman–Crippen MR) is 114 cm³/mol. The highest BCUT2D eigenvalue weighted by molar-refractivity contribution is 7.90. The first-order valence-electron chi connectivity index (χ1n) is 10.2. The molecule has 33 heavy (non-hydrogen) atoms. The number of carbonyl (C=O) groups is 1. The summed E-state index contributed by atoms with van der Waals surface area (Å²) in [5, 5.41) is 8.08. The first kappa shape index (κ1) is 23.1. The van der Waals surface area contributed by atoms with Crippen LogP contribution in [0.15, 0.2) is 59.6 Å². The van der Waals surface area contributed by atoms with Crippen LogP contribution in [0, 0.1) is 0 Å². The Morgan fingerprint density at radius 1 is 1.09 bits per heavy atom. The van der Waals surface area contributed by atoms with Gasteiger partial charge in [0.15, 0.2) is 0 Å². The molecule has 1 fully saturated rings. The van der Waals surface area contributed by atoms with Crippen molar-refractivity contribution in [3.8, 4) is 5.75 Å². The summed E-state index contributed by atoms with van der Waals surface area (Å²) in [6.45, 7) is 2.60. The molecule has 0 spiro atoms. The van der Waals surface area contributed by atoms with Crippen molar-refractivity contribution < 1.29 is 36.2 Å². The normalized spacial score (nSPS) is 18.5. The van der Waals surface area contributed by atoms with Crippen molar-refractivity contribution in [1.29, 1.82) is 0 Å². The number of halogens is 3. The van der Waals surface area contributed by atoms with E-state index in [1.807, 2.05) is 24.3 Å². The van der Waals surface area contributed by atoms with Crippen LogP contribution < -0.4 is 4.74 Å². The molecule has 7 nitrogen and oxygen atoms in total. The minimum absolute atomic E-state index is 0.295. The molecule has 0 aliphatic carbocycles. The van der Waals surface area contributed by atoms with Crippen LogP contribution in [0.25, 0.3) is 10.9 Å². The van der Waals surface area contributed by atoms with Gasteiger partial charge in [-0.05, 0) is 49.7 Å². The van der Waals surface area contributed by atoms with Gasteiger partial charge in [0.25, 0.3) is 10.0 Å². The third kappa shape index (κ3) is 4.55. The summed E-state index contributed by atoms with van der Waals surface area (Å²) < 4.78 is 65.3. The summed E-state index contributed by atoms with van der Waals surface area (Å²) >= 11 is 0. The number of carboxylic acid groups (broad SMARTS) is 1. The minimum Gasteiger partial charge on any atom is -0.492 e. The fourth-order valence-electron chi connectivity index (χ4n) is 4.13. The average Bonchev–Trinajstić information content (AvgIpc) is 3.37. The summed E-state index contributed by atoms with van der Waals surface area (Å²) in [7, 11) is -3.61. The van der Waals surface area contributed by atoms with Crippen LogP contribution in [0.2, 0.25) is 0 Å². The molecule has 0 saturated carbocycles. The number of aliphatic carboxylic acids is 1. The maximum atomic E-state index is 13.0. The van der Waals surface area contributed by atoms with Gasteiger partial charge < -0.3 is 9.84 Å².